The Labute approximate surface area is 131 Å². The Morgan fingerprint density at radius 2 is 1.90 bits per heavy atom. The quantitative estimate of drug-likeness (QED) is 0.858. The van der Waals surface area contributed by atoms with E-state index in [1.807, 2.05) is 32.0 Å². The second-order valence-electron chi connectivity index (χ2n) is 5.47. The van der Waals surface area contributed by atoms with E-state index in [0.717, 1.165) is 22.6 Å². The highest BCUT2D eigenvalue weighted by molar-refractivity contribution is 7.80. The lowest BCUT2D eigenvalue weighted by Gasteiger charge is -2.16. The number of benzene rings is 1. The van der Waals surface area contributed by atoms with Gasteiger partial charge in [0.1, 0.15) is 10.7 Å². The van der Waals surface area contributed by atoms with E-state index in [0.29, 0.717) is 17.4 Å². The van der Waals surface area contributed by atoms with Crippen LogP contribution in [0.1, 0.15) is 42.1 Å². The van der Waals surface area contributed by atoms with Crippen molar-refractivity contribution in [2.24, 2.45) is 5.73 Å². The summed E-state index contributed by atoms with van der Waals surface area (Å²) in [5.41, 5.74) is 9.56. The van der Waals surface area contributed by atoms with Crippen LogP contribution in [0.15, 0.2) is 30.3 Å². The average Bonchev–Trinajstić information content (AvgIpc) is 2.38. The predicted octanol–water partition coefficient (Wildman–Crippen LogP) is 4.25. The SMILES string of the molecule is Cc1ccc(C(C)C)c(Oc2nc(C)ccc2C(N)=S)c1. The highest BCUT2D eigenvalue weighted by atomic mass is 32.1. The Kier molecular flexibility index (Phi) is 4.58. The standard InChI is InChI=1S/C17H20N2OS/c1-10(2)13-7-5-11(3)9-15(13)20-17-14(16(18)21)8-6-12(4)19-17/h5-10H,1-4H3,(H2,18,21). The molecule has 3 nitrogen and oxygen atoms in total. The number of thiocarbonyl (C=S) groups is 1. The van der Waals surface area contributed by atoms with E-state index in [2.05, 4.69) is 31.0 Å². The topological polar surface area (TPSA) is 48.1 Å². The number of aryl methyl sites for hydroxylation is 2. The van der Waals surface area contributed by atoms with Gasteiger partial charge in [0, 0.05) is 5.69 Å². The van der Waals surface area contributed by atoms with Crippen molar-refractivity contribution in [1.82, 2.24) is 4.98 Å². The van der Waals surface area contributed by atoms with Crippen LogP contribution in [0.25, 0.3) is 0 Å². The lowest BCUT2D eigenvalue weighted by atomic mass is 10.0. The van der Waals surface area contributed by atoms with E-state index >= 15 is 0 Å². The van der Waals surface area contributed by atoms with Gasteiger partial charge in [-0.25, -0.2) is 4.98 Å². The second kappa shape index (κ2) is 6.22. The second-order valence-corrected chi connectivity index (χ2v) is 5.91. The Balaban J connectivity index is 2.49. The monoisotopic (exact) mass is 300 g/mol. The molecule has 0 aliphatic heterocycles. The number of rotatable bonds is 4. The summed E-state index contributed by atoms with van der Waals surface area (Å²) in [7, 11) is 0. The third-order valence-electron chi connectivity index (χ3n) is 3.26. The van der Waals surface area contributed by atoms with E-state index in [1.54, 1.807) is 0 Å². The van der Waals surface area contributed by atoms with Gasteiger partial charge in [-0.2, -0.15) is 0 Å². The molecule has 0 saturated carbocycles. The average molecular weight is 300 g/mol. The maximum atomic E-state index is 6.05. The van der Waals surface area contributed by atoms with Crippen molar-refractivity contribution < 1.29 is 4.74 Å². The lowest BCUT2D eigenvalue weighted by molar-refractivity contribution is 0.452. The van der Waals surface area contributed by atoms with Crippen molar-refractivity contribution in [3.8, 4) is 11.6 Å². The first-order chi connectivity index (χ1) is 9.88. The van der Waals surface area contributed by atoms with E-state index < -0.39 is 0 Å². The van der Waals surface area contributed by atoms with Crippen LogP contribution in [-0.4, -0.2) is 9.97 Å². The van der Waals surface area contributed by atoms with E-state index in [9.17, 15) is 0 Å². The van der Waals surface area contributed by atoms with Gasteiger partial charge in [-0.05, 0) is 49.1 Å². The zero-order chi connectivity index (χ0) is 15.6. The van der Waals surface area contributed by atoms with Crippen LogP contribution in [0.3, 0.4) is 0 Å². The highest BCUT2D eigenvalue weighted by Gasteiger charge is 2.14. The summed E-state index contributed by atoms with van der Waals surface area (Å²) in [6, 6.07) is 9.92. The minimum Gasteiger partial charge on any atom is -0.438 e. The summed E-state index contributed by atoms with van der Waals surface area (Å²) < 4.78 is 6.05. The number of nitrogens with two attached hydrogens (primary N) is 1. The Bertz CT molecular complexity index is 680. The van der Waals surface area contributed by atoms with Crippen LogP contribution in [0.2, 0.25) is 0 Å². The molecule has 4 heteroatoms. The first kappa shape index (κ1) is 15.4. The van der Waals surface area contributed by atoms with Gasteiger partial charge in [-0.1, -0.05) is 38.2 Å². The Hall–Kier alpha value is -1.94. The summed E-state index contributed by atoms with van der Waals surface area (Å²) in [5, 5.41) is 0. The van der Waals surface area contributed by atoms with Crippen molar-refractivity contribution in [2.75, 3.05) is 0 Å². The van der Waals surface area contributed by atoms with Gasteiger partial charge in [0.25, 0.3) is 0 Å². The summed E-state index contributed by atoms with van der Waals surface area (Å²) >= 11 is 5.08. The smallest absolute Gasteiger partial charge is 0.229 e. The lowest BCUT2D eigenvalue weighted by Crippen LogP contribution is -2.12. The molecule has 0 saturated heterocycles. The molecule has 0 bridgehead atoms. The number of hydrogen-bond donors (Lipinski definition) is 1. The molecule has 1 aromatic carbocycles. The molecule has 0 atom stereocenters. The van der Waals surface area contributed by atoms with Crippen molar-refractivity contribution in [1.29, 1.82) is 0 Å². The number of ether oxygens (including phenoxy) is 1. The summed E-state index contributed by atoms with van der Waals surface area (Å²) in [4.78, 5) is 4.72. The molecule has 110 valence electrons. The van der Waals surface area contributed by atoms with Crippen LogP contribution in [0, 0.1) is 13.8 Å². The van der Waals surface area contributed by atoms with Crippen LogP contribution in [0.4, 0.5) is 0 Å². The molecule has 0 fully saturated rings. The molecular formula is C17H20N2OS. The third kappa shape index (κ3) is 3.58. The van der Waals surface area contributed by atoms with Gasteiger partial charge in [0.05, 0.1) is 5.56 Å². The van der Waals surface area contributed by atoms with Gasteiger partial charge in [-0.15, -0.1) is 0 Å². The molecule has 2 aromatic rings. The van der Waals surface area contributed by atoms with Crippen LogP contribution >= 0.6 is 12.2 Å². The first-order valence-corrected chi connectivity index (χ1v) is 7.35. The predicted molar refractivity (Wildman–Crippen MR) is 90.2 cm³/mol. The minimum atomic E-state index is 0.288. The van der Waals surface area contributed by atoms with E-state index in [-0.39, 0.29) is 4.99 Å². The van der Waals surface area contributed by atoms with Gasteiger partial charge in [0.2, 0.25) is 5.88 Å². The molecule has 0 spiro atoms. The zero-order valence-electron chi connectivity index (χ0n) is 12.8. The number of pyridine rings is 1. The van der Waals surface area contributed by atoms with Gasteiger partial charge >= 0.3 is 0 Å². The largest absolute Gasteiger partial charge is 0.438 e. The molecule has 2 rings (SSSR count). The molecule has 1 aromatic heterocycles. The normalized spacial score (nSPS) is 10.7. The van der Waals surface area contributed by atoms with Crippen molar-refractivity contribution in [3.05, 3.63) is 52.7 Å². The molecule has 0 aliphatic carbocycles. The molecule has 1 heterocycles. The van der Waals surface area contributed by atoms with Crippen molar-refractivity contribution in [3.63, 3.8) is 0 Å². The highest BCUT2D eigenvalue weighted by Crippen LogP contribution is 2.32. The van der Waals surface area contributed by atoms with Gasteiger partial charge in [-0.3, -0.25) is 0 Å². The minimum absolute atomic E-state index is 0.288. The molecule has 2 N–H and O–H groups in total. The summed E-state index contributed by atoms with van der Waals surface area (Å²) in [5.74, 6) is 1.63. The maximum Gasteiger partial charge on any atom is 0.229 e. The maximum absolute atomic E-state index is 6.05. The molecule has 0 unspecified atom stereocenters. The molecule has 0 radical (unpaired) electrons. The zero-order valence-corrected chi connectivity index (χ0v) is 13.6. The molecular weight excluding hydrogens is 280 g/mol. The molecule has 0 aliphatic rings. The van der Waals surface area contributed by atoms with Gasteiger partial charge < -0.3 is 10.5 Å². The fourth-order valence-electron chi connectivity index (χ4n) is 2.11. The summed E-state index contributed by atoms with van der Waals surface area (Å²) in [6.07, 6.45) is 0. The van der Waals surface area contributed by atoms with Crippen LogP contribution in [-0.2, 0) is 0 Å². The van der Waals surface area contributed by atoms with E-state index in [1.165, 1.54) is 0 Å². The van der Waals surface area contributed by atoms with E-state index in [4.69, 9.17) is 22.7 Å². The van der Waals surface area contributed by atoms with Gasteiger partial charge in [0.15, 0.2) is 0 Å². The van der Waals surface area contributed by atoms with Crippen LogP contribution < -0.4 is 10.5 Å². The third-order valence-corrected chi connectivity index (χ3v) is 3.48. The Morgan fingerprint density at radius 1 is 1.19 bits per heavy atom. The first-order valence-electron chi connectivity index (χ1n) is 6.94. The number of aromatic nitrogens is 1. The fraction of sp³-hybridized carbons (Fsp3) is 0.294. The van der Waals surface area contributed by atoms with Crippen molar-refractivity contribution in [2.45, 2.75) is 33.6 Å². The van der Waals surface area contributed by atoms with Crippen LogP contribution in [0.5, 0.6) is 11.6 Å². The fourth-order valence-corrected chi connectivity index (χ4v) is 2.26. The number of hydrogen-bond acceptors (Lipinski definition) is 3. The number of nitrogens with zero attached hydrogens (tertiary/aromatic N) is 1. The Morgan fingerprint density at radius 3 is 2.52 bits per heavy atom. The molecule has 21 heavy (non-hydrogen) atoms. The van der Waals surface area contributed by atoms with Crippen molar-refractivity contribution >= 4 is 17.2 Å². The molecule has 0 amide bonds. The summed E-state index contributed by atoms with van der Waals surface area (Å²) in [6.45, 7) is 8.22.